The molecule has 5 nitrogen and oxygen atoms in total. The minimum atomic E-state index is -4.57. The summed E-state index contributed by atoms with van der Waals surface area (Å²) in [6.07, 6.45) is -2.55. The van der Waals surface area contributed by atoms with Crippen LogP contribution in [0.25, 0.3) is 11.3 Å². The number of aromatic hydroxyl groups is 1. The van der Waals surface area contributed by atoms with E-state index in [2.05, 4.69) is 5.32 Å². The topological polar surface area (TPSA) is 71.3 Å². The number of aryl methyl sites for hydroxylation is 1. The molecule has 0 bridgehead atoms. The predicted molar refractivity (Wildman–Crippen MR) is 130 cm³/mol. The lowest BCUT2D eigenvalue weighted by atomic mass is 10.0. The molecule has 3 rings (SSSR count). The molecule has 0 aliphatic carbocycles. The summed E-state index contributed by atoms with van der Waals surface area (Å²) in [6.45, 7) is 1.78. The van der Waals surface area contributed by atoms with Gasteiger partial charge in [0.1, 0.15) is 0 Å². The Morgan fingerprint density at radius 2 is 1.83 bits per heavy atom. The molecular formula is C25H23Cl2F3N2O3. The van der Waals surface area contributed by atoms with Crippen molar-refractivity contribution in [2.75, 3.05) is 0 Å². The highest BCUT2D eigenvalue weighted by Crippen LogP contribution is 2.32. The van der Waals surface area contributed by atoms with Crippen LogP contribution in [0.4, 0.5) is 13.2 Å². The van der Waals surface area contributed by atoms with E-state index in [1.807, 2.05) is 6.07 Å². The third kappa shape index (κ3) is 6.38. The smallest absolute Gasteiger partial charge is 0.416 e. The van der Waals surface area contributed by atoms with Crippen LogP contribution in [0.3, 0.4) is 0 Å². The SMILES string of the molecule is CC(CCCc1ccc(Cl)c(Cl)c1)NC(=O)c1cc(-c2cccc(C(F)(F)F)c2)n(C)c(=O)c1O. The number of rotatable bonds is 7. The standard InChI is InChI=1S/C25H23Cl2F3N2O3/c1-14(5-3-6-15-9-10-19(26)20(27)11-15)31-23(34)18-13-21(32(2)24(35)22(18)33)16-7-4-8-17(12-16)25(28,29)30/h4,7-14,33H,3,5-6H2,1-2H3,(H,31,34). The van der Waals surface area contributed by atoms with Crippen LogP contribution in [-0.2, 0) is 19.6 Å². The fourth-order valence-electron chi connectivity index (χ4n) is 3.67. The Hall–Kier alpha value is -2.97. The minimum absolute atomic E-state index is 0.0660. The van der Waals surface area contributed by atoms with Gasteiger partial charge in [0.2, 0.25) is 0 Å². The highest BCUT2D eigenvalue weighted by Gasteiger charge is 2.31. The van der Waals surface area contributed by atoms with E-state index in [4.69, 9.17) is 23.2 Å². The van der Waals surface area contributed by atoms with E-state index in [1.165, 1.54) is 25.2 Å². The summed E-state index contributed by atoms with van der Waals surface area (Å²) < 4.78 is 40.4. The largest absolute Gasteiger partial charge is 0.502 e. The van der Waals surface area contributed by atoms with Gasteiger partial charge in [-0.25, -0.2) is 0 Å². The van der Waals surface area contributed by atoms with Gasteiger partial charge >= 0.3 is 6.18 Å². The molecule has 0 saturated carbocycles. The van der Waals surface area contributed by atoms with E-state index in [0.717, 1.165) is 28.7 Å². The van der Waals surface area contributed by atoms with Gasteiger partial charge in [-0.05, 0) is 67.6 Å². The van der Waals surface area contributed by atoms with E-state index in [0.29, 0.717) is 22.9 Å². The van der Waals surface area contributed by atoms with Crippen molar-refractivity contribution in [3.05, 3.63) is 85.6 Å². The zero-order valence-corrected chi connectivity index (χ0v) is 20.4. The molecule has 1 aromatic heterocycles. The third-order valence-corrected chi connectivity index (χ3v) is 6.34. The molecule has 1 atom stereocenters. The Labute approximate surface area is 210 Å². The number of carbonyl (C=O) groups is 1. The number of hydrogen-bond acceptors (Lipinski definition) is 3. The van der Waals surface area contributed by atoms with Crippen LogP contribution in [-0.4, -0.2) is 21.6 Å². The van der Waals surface area contributed by atoms with Crippen LogP contribution < -0.4 is 10.9 Å². The normalized spacial score (nSPS) is 12.4. The summed E-state index contributed by atoms with van der Waals surface area (Å²) >= 11 is 11.9. The second-order valence-electron chi connectivity index (χ2n) is 8.25. The zero-order valence-electron chi connectivity index (χ0n) is 18.9. The maximum Gasteiger partial charge on any atom is 0.416 e. The van der Waals surface area contributed by atoms with Crippen LogP contribution in [0.2, 0.25) is 10.0 Å². The fourth-order valence-corrected chi connectivity index (χ4v) is 3.99. The van der Waals surface area contributed by atoms with E-state index in [1.54, 1.807) is 19.1 Å². The van der Waals surface area contributed by atoms with E-state index >= 15 is 0 Å². The van der Waals surface area contributed by atoms with Crippen molar-refractivity contribution in [2.45, 2.75) is 38.4 Å². The fraction of sp³-hybridized carbons (Fsp3) is 0.280. The molecule has 10 heteroatoms. The molecule has 1 amide bonds. The van der Waals surface area contributed by atoms with Gasteiger partial charge in [0, 0.05) is 13.1 Å². The first kappa shape index (κ1) is 26.6. The Balaban J connectivity index is 1.76. The summed E-state index contributed by atoms with van der Waals surface area (Å²) in [5.74, 6) is -1.47. The van der Waals surface area contributed by atoms with Crippen LogP contribution in [0.5, 0.6) is 5.75 Å². The molecule has 186 valence electrons. The number of nitrogens with one attached hydrogen (secondary N) is 1. The lowest BCUT2D eigenvalue weighted by Gasteiger charge is -2.17. The molecule has 1 heterocycles. The van der Waals surface area contributed by atoms with Gasteiger partial charge in [-0.1, -0.05) is 41.4 Å². The summed E-state index contributed by atoms with van der Waals surface area (Å²) in [5.41, 5.74) is -0.946. The number of nitrogens with zero attached hydrogens (tertiary/aromatic N) is 1. The predicted octanol–water partition coefficient (Wildman–Crippen LogP) is 6.22. The molecule has 1 unspecified atom stereocenters. The number of halogens is 5. The van der Waals surface area contributed by atoms with Crippen LogP contribution >= 0.6 is 23.2 Å². The summed E-state index contributed by atoms with van der Waals surface area (Å²) in [4.78, 5) is 25.4. The Morgan fingerprint density at radius 1 is 1.11 bits per heavy atom. The second kappa shape index (κ2) is 10.7. The van der Waals surface area contributed by atoms with Gasteiger partial charge in [0.15, 0.2) is 5.75 Å². The quantitative estimate of drug-likeness (QED) is 0.383. The average Bonchev–Trinajstić information content (AvgIpc) is 2.79. The minimum Gasteiger partial charge on any atom is -0.502 e. The van der Waals surface area contributed by atoms with Crippen molar-refractivity contribution < 1.29 is 23.1 Å². The number of benzene rings is 2. The maximum atomic E-state index is 13.1. The van der Waals surface area contributed by atoms with Crippen LogP contribution in [0.1, 0.15) is 41.3 Å². The Kier molecular flexibility index (Phi) is 8.18. The van der Waals surface area contributed by atoms with Gasteiger partial charge in [-0.2, -0.15) is 13.2 Å². The monoisotopic (exact) mass is 526 g/mol. The van der Waals surface area contributed by atoms with Gasteiger partial charge in [0.05, 0.1) is 26.9 Å². The van der Waals surface area contributed by atoms with E-state index in [9.17, 15) is 27.9 Å². The Morgan fingerprint density at radius 3 is 2.49 bits per heavy atom. The van der Waals surface area contributed by atoms with Crippen LogP contribution in [0.15, 0.2) is 53.3 Å². The number of carbonyl (C=O) groups excluding carboxylic acids is 1. The molecule has 35 heavy (non-hydrogen) atoms. The van der Waals surface area contributed by atoms with Crippen molar-refractivity contribution in [1.29, 1.82) is 0 Å². The number of hydrogen-bond donors (Lipinski definition) is 2. The number of alkyl halides is 3. The second-order valence-corrected chi connectivity index (χ2v) is 9.06. The van der Waals surface area contributed by atoms with Crippen molar-refractivity contribution in [3.8, 4) is 17.0 Å². The molecule has 0 spiro atoms. The molecule has 0 aliphatic rings. The average molecular weight is 527 g/mol. The molecule has 0 aliphatic heterocycles. The lowest BCUT2D eigenvalue weighted by molar-refractivity contribution is -0.137. The maximum absolute atomic E-state index is 13.1. The van der Waals surface area contributed by atoms with Crippen molar-refractivity contribution >= 4 is 29.1 Å². The molecule has 0 radical (unpaired) electrons. The van der Waals surface area contributed by atoms with Gasteiger partial charge < -0.3 is 15.0 Å². The molecule has 2 N–H and O–H groups in total. The number of pyridine rings is 1. The highest BCUT2D eigenvalue weighted by molar-refractivity contribution is 6.42. The zero-order chi connectivity index (χ0) is 25.9. The molecule has 2 aromatic carbocycles. The first-order chi connectivity index (χ1) is 16.4. The number of amides is 1. The summed E-state index contributed by atoms with van der Waals surface area (Å²) in [7, 11) is 1.31. The third-order valence-electron chi connectivity index (χ3n) is 5.60. The number of aromatic nitrogens is 1. The highest BCUT2D eigenvalue weighted by atomic mass is 35.5. The molecular weight excluding hydrogens is 504 g/mol. The van der Waals surface area contributed by atoms with E-state index in [-0.39, 0.29) is 22.9 Å². The van der Waals surface area contributed by atoms with Gasteiger partial charge in [-0.3, -0.25) is 9.59 Å². The van der Waals surface area contributed by atoms with Crippen LogP contribution in [0, 0.1) is 0 Å². The Bertz CT molecular complexity index is 1310. The van der Waals surface area contributed by atoms with Crippen molar-refractivity contribution in [2.24, 2.45) is 7.05 Å². The molecule has 3 aromatic rings. The first-order valence-corrected chi connectivity index (χ1v) is 11.5. The van der Waals surface area contributed by atoms with Crippen molar-refractivity contribution in [3.63, 3.8) is 0 Å². The lowest BCUT2D eigenvalue weighted by Crippen LogP contribution is -2.34. The van der Waals surface area contributed by atoms with Gasteiger partial charge in [-0.15, -0.1) is 0 Å². The van der Waals surface area contributed by atoms with Crippen molar-refractivity contribution in [1.82, 2.24) is 9.88 Å². The molecule has 0 saturated heterocycles. The van der Waals surface area contributed by atoms with Gasteiger partial charge in [0.25, 0.3) is 11.5 Å². The van der Waals surface area contributed by atoms with E-state index < -0.39 is 29.0 Å². The first-order valence-electron chi connectivity index (χ1n) is 10.7. The summed E-state index contributed by atoms with van der Waals surface area (Å²) in [6, 6.07) is 10.7. The molecule has 0 fully saturated rings. The summed E-state index contributed by atoms with van der Waals surface area (Å²) in [5, 5.41) is 14.0.